The number of pyridine rings is 1. The van der Waals surface area contributed by atoms with Crippen molar-refractivity contribution in [1.82, 2.24) is 4.57 Å². The molecular weight excluding hydrogens is 426 g/mol. The summed E-state index contributed by atoms with van der Waals surface area (Å²) in [6.45, 7) is 1.50. The predicted octanol–water partition coefficient (Wildman–Crippen LogP) is 5.22. The van der Waals surface area contributed by atoms with Gasteiger partial charge in [-0.25, -0.2) is 4.79 Å². The van der Waals surface area contributed by atoms with E-state index in [0.29, 0.717) is 32.7 Å². The summed E-state index contributed by atoms with van der Waals surface area (Å²) >= 11 is 6.25. The first-order chi connectivity index (χ1) is 15.4. The maximum atomic E-state index is 13.5. The third-order valence-electron chi connectivity index (χ3n) is 5.36. The highest BCUT2D eigenvalue weighted by Crippen LogP contribution is 2.26. The first-order valence-electron chi connectivity index (χ1n) is 10.0. The molecule has 0 aliphatic carbocycles. The summed E-state index contributed by atoms with van der Waals surface area (Å²) in [5.41, 5.74) is 2.79. The van der Waals surface area contributed by atoms with Gasteiger partial charge < -0.3 is 9.30 Å². The van der Waals surface area contributed by atoms with Gasteiger partial charge in [0.2, 0.25) is 0 Å². The van der Waals surface area contributed by atoms with Gasteiger partial charge in [0.05, 0.1) is 12.6 Å². The second kappa shape index (κ2) is 8.81. The number of benzene rings is 3. The van der Waals surface area contributed by atoms with Crippen LogP contribution in [0.15, 0.2) is 77.6 Å². The first-order valence-corrected chi connectivity index (χ1v) is 10.4. The SMILES string of the molecule is COC(=O)c1c(Cc2ccc(C(C)=O)cc2)c(=O)c2ccc(Cl)cc2n1-c1ccccc1. The number of para-hydroxylation sites is 1. The smallest absolute Gasteiger partial charge is 0.355 e. The highest BCUT2D eigenvalue weighted by molar-refractivity contribution is 6.31. The third kappa shape index (κ3) is 3.95. The van der Waals surface area contributed by atoms with Crippen LogP contribution in [-0.4, -0.2) is 23.4 Å². The monoisotopic (exact) mass is 445 g/mol. The number of hydrogen-bond donors (Lipinski definition) is 0. The Morgan fingerprint density at radius 1 is 0.969 bits per heavy atom. The number of halogens is 1. The number of aromatic nitrogens is 1. The van der Waals surface area contributed by atoms with E-state index in [1.54, 1.807) is 47.0 Å². The quantitative estimate of drug-likeness (QED) is 0.312. The zero-order chi connectivity index (χ0) is 22.8. The topological polar surface area (TPSA) is 65.4 Å². The molecule has 3 aromatic carbocycles. The van der Waals surface area contributed by atoms with Crippen LogP contribution >= 0.6 is 11.6 Å². The Hall–Kier alpha value is -3.70. The molecule has 0 aliphatic rings. The van der Waals surface area contributed by atoms with Gasteiger partial charge in [0.15, 0.2) is 11.2 Å². The Bertz CT molecular complexity index is 1390. The third-order valence-corrected chi connectivity index (χ3v) is 5.60. The standard InChI is InChI=1S/C26H20ClNO4/c1-16(29)18-10-8-17(9-11-18)14-22-24(26(31)32-2)28(20-6-4-3-5-7-20)23-15-19(27)12-13-21(23)25(22)30/h3-13,15H,14H2,1-2H3. The van der Waals surface area contributed by atoms with Gasteiger partial charge >= 0.3 is 5.97 Å². The van der Waals surface area contributed by atoms with Gasteiger partial charge in [-0.3, -0.25) is 9.59 Å². The molecule has 0 unspecified atom stereocenters. The minimum atomic E-state index is -0.622. The Kier molecular flexibility index (Phi) is 5.93. The minimum Gasteiger partial charge on any atom is -0.464 e. The normalized spacial score (nSPS) is 10.8. The summed E-state index contributed by atoms with van der Waals surface area (Å²) in [6, 6.07) is 21.3. The number of carbonyl (C=O) groups excluding carboxylic acids is 2. The molecule has 0 amide bonds. The second-order valence-electron chi connectivity index (χ2n) is 7.41. The molecule has 6 heteroatoms. The van der Waals surface area contributed by atoms with E-state index >= 15 is 0 Å². The van der Waals surface area contributed by atoms with Crippen LogP contribution < -0.4 is 5.43 Å². The van der Waals surface area contributed by atoms with E-state index in [-0.39, 0.29) is 23.3 Å². The van der Waals surface area contributed by atoms with Crippen LogP contribution in [0.2, 0.25) is 5.02 Å². The predicted molar refractivity (Wildman–Crippen MR) is 125 cm³/mol. The number of methoxy groups -OCH3 is 1. The lowest BCUT2D eigenvalue weighted by Crippen LogP contribution is -2.24. The number of hydrogen-bond acceptors (Lipinski definition) is 4. The molecule has 160 valence electrons. The van der Waals surface area contributed by atoms with Crippen molar-refractivity contribution in [3.05, 3.63) is 110 Å². The number of nitrogens with zero attached hydrogens (tertiary/aromatic N) is 1. The van der Waals surface area contributed by atoms with E-state index in [1.807, 2.05) is 30.3 Å². The number of rotatable bonds is 5. The fourth-order valence-corrected chi connectivity index (χ4v) is 3.96. The van der Waals surface area contributed by atoms with E-state index in [9.17, 15) is 14.4 Å². The zero-order valence-corrected chi connectivity index (χ0v) is 18.3. The molecule has 1 heterocycles. The van der Waals surface area contributed by atoms with E-state index in [0.717, 1.165) is 5.56 Å². The fourth-order valence-electron chi connectivity index (χ4n) is 3.79. The average molecular weight is 446 g/mol. The fraction of sp³-hybridized carbons (Fsp3) is 0.115. The van der Waals surface area contributed by atoms with Crippen molar-refractivity contribution in [3.8, 4) is 5.69 Å². The van der Waals surface area contributed by atoms with Gasteiger partial charge in [-0.05, 0) is 42.8 Å². The van der Waals surface area contributed by atoms with Gasteiger partial charge in [-0.2, -0.15) is 0 Å². The maximum Gasteiger partial charge on any atom is 0.355 e. The number of esters is 1. The second-order valence-corrected chi connectivity index (χ2v) is 7.85. The molecule has 32 heavy (non-hydrogen) atoms. The summed E-state index contributed by atoms with van der Waals surface area (Å²) in [5.74, 6) is -0.663. The average Bonchev–Trinajstić information content (AvgIpc) is 2.80. The molecule has 0 saturated carbocycles. The van der Waals surface area contributed by atoms with Crippen LogP contribution in [0.1, 0.15) is 38.9 Å². The number of Topliss-reactive ketones (excluding diaryl/α,β-unsaturated/α-hetero) is 1. The van der Waals surface area contributed by atoms with Crippen LogP contribution in [0, 0.1) is 0 Å². The van der Waals surface area contributed by atoms with Crippen LogP contribution in [0.25, 0.3) is 16.6 Å². The summed E-state index contributed by atoms with van der Waals surface area (Å²) in [6.07, 6.45) is 0.201. The van der Waals surface area contributed by atoms with Crippen molar-refractivity contribution < 1.29 is 14.3 Å². The summed E-state index contributed by atoms with van der Waals surface area (Å²) in [4.78, 5) is 38.1. The number of ketones is 1. The van der Waals surface area contributed by atoms with Crippen molar-refractivity contribution in [2.45, 2.75) is 13.3 Å². The van der Waals surface area contributed by atoms with Crippen LogP contribution in [0.5, 0.6) is 0 Å². The molecule has 0 radical (unpaired) electrons. The molecule has 0 saturated heterocycles. The molecule has 5 nitrogen and oxygen atoms in total. The van der Waals surface area contributed by atoms with E-state index < -0.39 is 5.97 Å². The van der Waals surface area contributed by atoms with Crippen LogP contribution in [-0.2, 0) is 11.2 Å². The Morgan fingerprint density at radius 3 is 2.28 bits per heavy atom. The molecule has 4 rings (SSSR count). The van der Waals surface area contributed by atoms with Crippen molar-refractivity contribution >= 4 is 34.3 Å². The minimum absolute atomic E-state index is 0.0409. The lowest BCUT2D eigenvalue weighted by atomic mass is 9.98. The van der Waals surface area contributed by atoms with Gasteiger partial charge in [-0.1, -0.05) is 54.1 Å². The molecule has 0 aliphatic heterocycles. The van der Waals surface area contributed by atoms with Gasteiger partial charge in [0.25, 0.3) is 0 Å². The van der Waals surface area contributed by atoms with E-state index in [1.165, 1.54) is 14.0 Å². The lowest BCUT2D eigenvalue weighted by molar-refractivity contribution is 0.0590. The van der Waals surface area contributed by atoms with E-state index in [4.69, 9.17) is 16.3 Å². The lowest BCUT2D eigenvalue weighted by Gasteiger charge is -2.19. The Balaban J connectivity index is 2.05. The summed E-state index contributed by atoms with van der Waals surface area (Å²) < 4.78 is 6.80. The van der Waals surface area contributed by atoms with Crippen molar-refractivity contribution in [2.75, 3.05) is 7.11 Å². The molecule has 0 fully saturated rings. The van der Waals surface area contributed by atoms with Crippen molar-refractivity contribution in [3.63, 3.8) is 0 Å². The van der Waals surface area contributed by atoms with Gasteiger partial charge in [0, 0.05) is 33.6 Å². The highest BCUT2D eigenvalue weighted by atomic mass is 35.5. The zero-order valence-electron chi connectivity index (χ0n) is 17.6. The number of fused-ring (bicyclic) bond motifs is 1. The Labute approximate surface area is 189 Å². The van der Waals surface area contributed by atoms with Crippen LogP contribution in [0.4, 0.5) is 0 Å². The summed E-state index contributed by atoms with van der Waals surface area (Å²) in [5, 5.41) is 0.895. The molecule has 0 bridgehead atoms. The van der Waals surface area contributed by atoms with Crippen molar-refractivity contribution in [1.29, 1.82) is 0 Å². The van der Waals surface area contributed by atoms with Crippen molar-refractivity contribution in [2.24, 2.45) is 0 Å². The van der Waals surface area contributed by atoms with Gasteiger partial charge in [-0.15, -0.1) is 0 Å². The molecular formula is C26H20ClNO4. The molecule has 1 aromatic heterocycles. The summed E-state index contributed by atoms with van der Waals surface area (Å²) in [7, 11) is 1.29. The van der Waals surface area contributed by atoms with Gasteiger partial charge in [0.1, 0.15) is 5.69 Å². The number of carbonyl (C=O) groups is 2. The van der Waals surface area contributed by atoms with E-state index in [2.05, 4.69) is 0 Å². The molecule has 4 aromatic rings. The first kappa shape index (κ1) is 21.5. The Morgan fingerprint density at radius 2 is 1.66 bits per heavy atom. The largest absolute Gasteiger partial charge is 0.464 e. The molecule has 0 spiro atoms. The maximum absolute atomic E-state index is 13.5. The number of ether oxygens (including phenoxy) is 1. The highest BCUT2D eigenvalue weighted by Gasteiger charge is 2.24. The van der Waals surface area contributed by atoms with Crippen LogP contribution in [0.3, 0.4) is 0 Å². The molecule has 0 N–H and O–H groups in total. The molecule has 0 atom stereocenters.